The van der Waals surface area contributed by atoms with E-state index < -0.39 is 29.5 Å². The number of benzene rings is 12. The number of aromatic hydroxyl groups is 6. The minimum absolute atomic E-state index is 0.0930. The number of aryl methyl sites for hydroxylation is 1. The van der Waals surface area contributed by atoms with Gasteiger partial charge in [-0.25, -0.2) is 0 Å². The highest BCUT2D eigenvalue weighted by molar-refractivity contribution is 9.10. The van der Waals surface area contributed by atoms with E-state index in [1.54, 1.807) is 103 Å². The van der Waals surface area contributed by atoms with Crippen molar-refractivity contribution in [3.05, 3.63) is 357 Å². The van der Waals surface area contributed by atoms with E-state index in [2.05, 4.69) is 60.3 Å². The Hall–Kier alpha value is -11.9. The smallest absolute Gasteiger partial charge is 0.259 e. The van der Waals surface area contributed by atoms with Crippen molar-refractivity contribution < 1.29 is 59.4 Å². The van der Waals surface area contributed by atoms with Gasteiger partial charge in [0.15, 0.2) is 0 Å². The lowest BCUT2D eigenvalue weighted by Crippen LogP contribution is -2.12. The summed E-state index contributed by atoms with van der Waals surface area (Å²) in [6.45, 7) is 5.60. The molecule has 0 saturated carbocycles. The van der Waals surface area contributed by atoms with Gasteiger partial charge in [-0.1, -0.05) is 176 Å². The SMILES string of the molecule is C#Cc1cccc(NC(=O)c2cc(Cl)ccc2O)c1.C=Cc1cccc(NC(=O)c2cc(Cl)ccc2O)c1.Cc1cccc(NC(=O)c2cc(Cl)ccc2O)c1.O=C(Nc1cccc(Br)c1)c1cc(Cl)ccc1O.O=C(Nc1cccc(Cl)c1)c1cc(Cl)ccc1O.O=C(Nc1ccccc1)c1cc(Cl)ccc1O. The monoisotopic (exact) mass is 1660 g/mol. The zero-order chi connectivity index (χ0) is 79.3. The number of halogens is 8. The first-order chi connectivity index (χ1) is 52.0. The van der Waals surface area contributed by atoms with Crippen molar-refractivity contribution in [2.24, 2.45) is 0 Å². The fraction of sp³-hybridized carbons (Fsp3) is 0.0120. The largest absolute Gasteiger partial charge is 0.507 e. The molecule has 0 spiro atoms. The lowest BCUT2D eigenvalue weighted by Gasteiger charge is -2.08. The Morgan fingerprint density at radius 2 is 0.596 bits per heavy atom. The summed E-state index contributed by atoms with van der Waals surface area (Å²) in [6.07, 6.45) is 6.97. The van der Waals surface area contributed by atoms with Crippen LogP contribution in [0.3, 0.4) is 0 Å². The first kappa shape index (κ1) is 84.3. The molecule has 12 rings (SSSR count). The number of anilines is 6. The lowest BCUT2D eigenvalue weighted by atomic mass is 10.1. The second-order valence-corrected chi connectivity index (χ2v) is 26.5. The summed E-state index contributed by atoms with van der Waals surface area (Å²) in [4.78, 5) is 71.7. The third-order valence-corrected chi connectivity index (χ3v) is 16.5. The van der Waals surface area contributed by atoms with Crippen molar-refractivity contribution in [3.63, 3.8) is 0 Å². The molecule has 0 unspecified atom stereocenters. The molecular weight excluding hydrogens is 1600 g/mol. The molecule has 0 fully saturated rings. The predicted octanol–water partition coefficient (Wildman–Crippen LogP) is 22.1. The highest BCUT2D eigenvalue weighted by atomic mass is 79.9. The molecule has 109 heavy (non-hydrogen) atoms. The summed E-state index contributed by atoms with van der Waals surface area (Å²) < 4.78 is 0.857. The highest BCUT2D eigenvalue weighted by Gasteiger charge is 2.18. The van der Waals surface area contributed by atoms with E-state index in [9.17, 15) is 59.4 Å². The average molecular weight is 1660 g/mol. The maximum absolute atomic E-state index is 12.0. The molecule has 12 aromatic carbocycles. The van der Waals surface area contributed by atoms with Gasteiger partial charge in [0, 0.05) is 79.3 Å². The molecule has 0 aliphatic rings. The fourth-order valence-corrected chi connectivity index (χ4v) is 10.8. The second-order valence-electron chi connectivity index (χ2n) is 22.5. The second kappa shape index (κ2) is 41.8. The number of phenolic OH excluding ortho intramolecular Hbond substituents is 6. The van der Waals surface area contributed by atoms with Crippen LogP contribution in [0.4, 0.5) is 34.1 Å². The molecule has 0 heterocycles. The molecule has 0 aliphatic heterocycles. The van der Waals surface area contributed by atoms with E-state index in [1.807, 2.05) is 61.5 Å². The van der Waals surface area contributed by atoms with E-state index in [4.69, 9.17) is 87.6 Å². The average Bonchev–Trinajstić information content (AvgIpc) is 0.872. The molecular formula is C83H62BrCl7N6O12. The van der Waals surface area contributed by atoms with Crippen molar-refractivity contribution in [3.8, 4) is 46.8 Å². The molecule has 0 aromatic heterocycles. The molecule has 0 aliphatic carbocycles. The van der Waals surface area contributed by atoms with E-state index in [0.717, 1.165) is 15.6 Å². The number of hydrogen-bond donors (Lipinski definition) is 12. The topological polar surface area (TPSA) is 296 Å². The van der Waals surface area contributed by atoms with Gasteiger partial charge in [-0.2, -0.15) is 0 Å². The van der Waals surface area contributed by atoms with E-state index in [-0.39, 0.29) is 73.8 Å². The van der Waals surface area contributed by atoms with Gasteiger partial charge in [0.25, 0.3) is 35.4 Å². The fourth-order valence-electron chi connectivity index (χ4n) is 9.14. The van der Waals surface area contributed by atoms with Crippen LogP contribution in [0.15, 0.2) is 272 Å². The molecule has 12 aromatic rings. The normalized spacial score (nSPS) is 9.98. The van der Waals surface area contributed by atoms with Crippen molar-refractivity contribution in [1.82, 2.24) is 0 Å². The Morgan fingerprint density at radius 3 is 0.927 bits per heavy atom. The summed E-state index contributed by atoms with van der Waals surface area (Å²) in [5.41, 5.74) is 7.12. The van der Waals surface area contributed by atoms with Crippen LogP contribution in [-0.2, 0) is 0 Å². The predicted molar refractivity (Wildman–Crippen MR) is 441 cm³/mol. The quantitative estimate of drug-likeness (QED) is 0.0480. The summed E-state index contributed by atoms with van der Waals surface area (Å²) in [5, 5.41) is 76.6. The number of phenols is 6. The molecule has 26 heteroatoms. The van der Waals surface area contributed by atoms with Gasteiger partial charge in [-0.05, 0) is 218 Å². The zero-order valence-electron chi connectivity index (χ0n) is 56.8. The number of terminal acetylenes is 1. The number of nitrogens with one attached hydrogen (secondary N) is 6. The van der Waals surface area contributed by atoms with Crippen LogP contribution in [0.25, 0.3) is 6.08 Å². The summed E-state index contributed by atoms with van der Waals surface area (Å²) >= 11 is 43.9. The van der Waals surface area contributed by atoms with Crippen LogP contribution < -0.4 is 31.9 Å². The van der Waals surface area contributed by atoms with Crippen LogP contribution in [0.1, 0.15) is 78.8 Å². The molecule has 0 radical (unpaired) electrons. The van der Waals surface area contributed by atoms with Crippen molar-refractivity contribution >= 4 is 173 Å². The Balaban J connectivity index is 0.000000182. The molecule has 6 amide bonds. The Morgan fingerprint density at radius 1 is 0.321 bits per heavy atom. The maximum Gasteiger partial charge on any atom is 0.259 e. The zero-order valence-corrected chi connectivity index (χ0v) is 63.7. The van der Waals surface area contributed by atoms with Crippen molar-refractivity contribution in [2.75, 3.05) is 31.9 Å². The summed E-state index contributed by atoms with van der Waals surface area (Å²) in [6, 6.07) is 70.3. The first-order valence-electron chi connectivity index (χ1n) is 31.8. The van der Waals surface area contributed by atoms with Gasteiger partial charge in [-0.15, -0.1) is 6.42 Å². The molecule has 0 atom stereocenters. The Labute approximate surface area is 669 Å². The van der Waals surface area contributed by atoms with E-state index in [1.165, 1.54) is 109 Å². The van der Waals surface area contributed by atoms with Crippen LogP contribution in [0.5, 0.6) is 34.5 Å². The molecule has 0 saturated heterocycles. The number of rotatable bonds is 13. The summed E-state index contributed by atoms with van der Waals surface area (Å²) in [5.74, 6) is -0.681. The first-order valence-corrected chi connectivity index (χ1v) is 35.2. The van der Waals surface area contributed by atoms with Gasteiger partial charge < -0.3 is 62.5 Å². The molecule has 552 valence electrons. The van der Waals surface area contributed by atoms with Crippen LogP contribution >= 0.6 is 97.1 Å². The highest BCUT2D eigenvalue weighted by Crippen LogP contribution is 2.30. The van der Waals surface area contributed by atoms with Crippen LogP contribution in [0, 0.1) is 19.3 Å². The van der Waals surface area contributed by atoms with Gasteiger partial charge in [0.1, 0.15) is 34.5 Å². The number of hydrogen-bond acceptors (Lipinski definition) is 12. The number of para-hydroxylation sites is 1. The van der Waals surface area contributed by atoms with Gasteiger partial charge in [0.05, 0.1) is 33.4 Å². The Kier molecular flexibility index (Phi) is 32.4. The van der Waals surface area contributed by atoms with Gasteiger partial charge in [0.2, 0.25) is 0 Å². The minimum Gasteiger partial charge on any atom is -0.507 e. The number of amides is 6. The minimum atomic E-state index is -0.450. The van der Waals surface area contributed by atoms with Gasteiger partial charge in [-0.3, -0.25) is 28.8 Å². The molecule has 0 bridgehead atoms. The maximum atomic E-state index is 12.0. The van der Waals surface area contributed by atoms with Gasteiger partial charge >= 0.3 is 0 Å². The lowest BCUT2D eigenvalue weighted by molar-refractivity contribution is 0.101. The van der Waals surface area contributed by atoms with Crippen molar-refractivity contribution in [2.45, 2.75) is 6.92 Å². The van der Waals surface area contributed by atoms with Crippen LogP contribution in [0.2, 0.25) is 35.2 Å². The number of carbonyl (C=O) groups excluding carboxylic acids is 6. The number of carbonyl (C=O) groups is 6. The van der Waals surface area contributed by atoms with E-state index >= 15 is 0 Å². The third-order valence-electron chi connectivity index (χ3n) is 14.4. The van der Waals surface area contributed by atoms with E-state index in [0.29, 0.717) is 74.8 Å². The Bertz CT molecular complexity index is 5090. The van der Waals surface area contributed by atoms with Crippen molar-refractivity contribution in [1.29, 1.82) is 0 Å². The third kappa shape index (κ3) is 27.4. The standard InChI is InChI=1S/C15H12ClNO2.C15H10ClNO2.C14H12ClNO2.C13H9BrClNO2.C13H9Cl2NO2.C13H10ClNO2/c2*1-2-10-4-3-5-12(8-10)17-15(19)13-9-11(16)6-7-14(13)18;1-9-3-2-4-11(7-9)16-14(18)12-8-10(15)5-6-13(12)17;2*14-8-2-1-3-10(6-8)16-13(18)11-7-9(15)4-5-12(11)17;14-9-6-7-12(16)11(8-9)13(17)15-10-4-2-1-3-5-10/h2-9,18H,1H2,(H,17,19);1,3-9,18H,(H,17,19);2-8,17H,1H3,(H,16,18);2*1-7,17H,(H,16,18);1-8,16H,(H,15,17). The molecule has 18 nitrogen and oxygen atoms in total. The van der Waals surface area contributed by atoms with Crippen LogP contribution in [-0.4, -0.2) is 66.1 Å². The molecule has 12 N–H and O–H groups in total. The summed E-state index contributed by atoms with van der Waals surface area (Å²) in [7, 11) is 0.